The molecular formula is C11H10Cl3N3O2S. The fourth-order valence-electron chi connectivity index (χ4n) is 1.74. The second-order valence-electron chi connectivity index (χ2n) is 4.02. The number of nitrogens with zero attached hydrogens (tertiary/aromatic N) is 3. The van der Waals surface area contributed by atoms with Crippen molar-refractivity contribution in [1.82, 2.24) is 14.8 Å². The van der Waals surface area contributed by atoms with E-state index in [1.165, 1.54) is 4.57 Å². The zero-order valence-corrected chi connectivity index (χ0v) is 13.4. The third kappa shape index (κ3) is 3.09. The summed E-state index contributed by atoms with van der Waals surface area (Å²) in [6.07, 6.45) is 0.700. The van der Waals surface area contributed by atoms with E-state index in [0.29, 0.717) is 34.4 Å². The lowest BCUT2D eigenvalue weighted by Gasteiger charge is -2.08. The van der Waals surface area contributed by atoms with Crippen molar-refractivity contribution in [3.05, 3.63) is 28.2 Å². The molecule has 0 aliphatic heterocycles. The van der Waals surface area contributed by atoms with Gasteiger partial charge in [0.1, 0.15) is 0 Å². The molecule has 0 fully saturated rings. The quantitative estimate of drug-likeness (QED) is 0.787. The van der Waals surface area contributed by atoms with Crippen molar-refractivity contribution in [1.29, 1.82) is 0 Å². The summed E-state index contributed by atoms with van der Waals surface area (Å²) in [5.41, 5.74) is 0.618. The number of aromatic nitrogens is 3. The lowest BCUT2D eigenvalue weighted by atomic mass is 10.2. The molecule has 0 bridgehead atoms. The van der Waals surface area contributed by atoms with Gasteiger partial charge in [-0.05, 0) is 24.6 Å². The van der Waals surface area contributed by atoms with Gasteiger partial charge in [-0.2, -0.15) is 0 Å². The van der Waals surface area contributed by atoms with Crippen molar-refractivity contribution in [2.24, 2.45) is 0 Å². The fraction of sp³-hybridized carbons (Fsp3) is 0.273. The molecule has 0 radical (unpaired) electrons. The largest absolute Gasteiger partial charge is 0.297 e. The smallest absolute Gasteiger partial charge is 0.296 e. The third-order valence-corrected chi connectivity index (χ3v) is 4.45. The van der Waals surface area contributed by atoms with Crippen LogP contribution in [0.15, 0.2) is 23.4 Å². The molecule has 0 aliphatic rings. The molecule has 0 saturated carbocycles. The molecule has 0 aliphatic carbocycles. The van der Waals surface area contributed by atoms with Crippen LogP contribution in [0, 0.1) is 0 Å². The topological polar surface area (TPSA) is 64.8 Å². The van der Waals surface area contributed by atoms with E-state index in [2.05, 4.69) is 10.2 Å². The molecule has 108 valence electrons. The summed E-state index contributed by atoms with van der Waals surface area (Å²) in [5, 5.41) is 8.02. The average Bonchev–Trinajstić information content (AvgIpc) is 2.77. The van der Waals surface area contributed by atoms with Gasteiger partial charge in [-0.1, -0.05) is 30.1 Å². The Bertz CT molecular complexity index is 743. The van der Waals surface area contributed by atoms with Crippen molar-refractivity contribution in [3.8, 4) is 11.4 Å². The van der Waals surface area contributed by atoms with Gasteiger partial charge in [0.05, 0.1) is 10.0 Å². The van der Waals surface area contributed by atoms with E-state index < -0.39 is 9.05 Å². The third-order valence-electron chi connectivity index (χ3n) is 2.56. The van der Waals surface area contributed by atoms with Crippen molar-refractivity contribution in [2.75, 3.05) is 0 Å². The zero-order valence-electron chi connectivity index (χ0n) is 10.3. The average molecular weight is 355 g/mol. The molecule has 1 aromatic heterocycles. The second kappa shape index (κ2) is 5.89. The number of hydrogen-bond donors (Lipinski definition) is 0. The summed E-state index contributed by atoms with van der Waals surface area (Å²) in [4.78, 5) is 0. The highest BCUT2D eigenvalue weighted by Gasteiger charge is 2.23. The van der Waals surface area contributed by atoms with Crippen LogP contribution in [0.5, 0.6) is 0 Å². The minimum atomic E-state index is -3.96. The van der Waals surface area contributed by atoms with Crippen molar-refractivity contribution < 1.29 is 8.42 Å². The van der Waals surface area contributed by atoms with Crippen LogP contribution in [0.4, 0.5) is 0 Å². The van der Waals surface area contributed by atoms with E-state index in [1.807, 2.05) is 6.92 Å². The molecule has 2 aromatic rings. The standard InChI is InChI=1S/C11H10Cl3N3O2S/c1-2-5-17-10(15-16-11(17)20(14,18)19)7-3-4-8(12)9(13)6-7/h3-4,6H,2,5H2,1H3. The Morgan fingerprint density at radius 3 is 2.45 bits per heavy atom. The molecule has 0 unspecified atom stereocenters. The molecule has 0 N–H and O–H groups in total. The molecule has 1 heterocycles. The van der Waals surface area contributed by atoms with Gasteiger partial charge in [-0.15, -0.1) is 10.2 Å². The number of rotatable bonds is 4. The van der Waals surface area contributed by atoms with Gasteiger partial charge in [-0.25, -0.2) is 8.42 Å². The van der Waals surface area contributed by atoms with E-state index in [-0.39, 0.29) is 5.16 Å². The van der Waals surface area contributed by atoms with Crippen LogP contribution in [-0.4, -0.2) is 23.2 Å². The van der Waals surface area contributed by atoms with E-state index in [1.54, 1.807) is 18.2 Å². The molecule has 0 amide bonds. The highest BCUT2D eigenvalue weighted by atomic mass is 35.7. The Labute approximate surface area is 130 Å². The molecular weight excluding hydrogens is 345 g/mol. The Kier molecular flexibility index (Phi) is 4.59. The van der Waals surface area contributed by atoms with Gasteiger partial charge in [0, 0.05) is 22.8 Å². The molecule has 0 saturated heterocycles. The van der Waals surface area contributed by atoms with Gasteiger partial charge in [0.2, 0.25) is 0 Å². The van der Waals surface area contributed by atoms with Crippen molar-refractivity contribution in [2.45, 2.75) is 25.0 Å². The first-order valence-electron chi connectivity index (χ1n) is 5.68. The van der Waals surface area contributed by atoms with Crippen LogP contribution in [0.1, 0.15) is 13.3 Å². The summed E-state index contributed by atoms with van der Waals surface area (Å²) < 4.78 is 24.4. The molecule has 2 rings (SSSR count). The molecule has 5 nitrogen and oxygen atoms in total. The zero-order chi connectivity index (χ0) is 14.9. The number of halogens is 3. The van der Waals surface area contributed by atoms with Crippen LogP contribution in [0.2, 0.25) is 10.0 Å². The molecule has 20 heavy (non-hydrogen) atoms. The Hall–Kier alpha value is -0.820. The van der Waals surface area contributed by atoms with Gasteiger partial charge in [0.15, 0.2) is 5.82 Å². The lowest BCUT2D eigenvalue weighted by Crippen LogP contribution is -2.07. The monoisotopic (exact) mass is 353 g/mol. The maximum absolute atomic E-state index is 11.5. The predicted molar refractivity (Wildman–Crippen MR) is 78.8 cm³/mol. The van der Waals surface area contributed by atoms with Gasteiger partial charge < -0.3 is 0 Å². The maximum atomic E-state index is 11.5. The van der Waals surface area contributed by atoms with Crippen LogP contribution in [-0.2, 0) is 15.6 Å². The SMILES string of the molecule is CCCn1c(-c2ccc(Cl)c(Cl)c2)nnc1S(=O)(=O)Cl. The minimum Gasteiger partial charge on any atom is -0.297 e. The second-order valence-corrected chi connectivity index (χ2v) is 7.30. The summed E-state index contributed by atoms with van der Waals surface area (Å²) in [5.74, 6) is 0.379. The first-order chi connectivity index (χ1) is 9.34. The maximum Gasteiger partial charge on any atom is 0.296 e. The first-order valence-corrected chi connectivity index (χ1v) is 8.74. The van der Waals surface area contributed by atoms with Crippen LogP contribution < -0.4 is 0 Å². The summed E-state index contributed by atoms with van der Waals surface area (Å²) in [7, 11) is 1.40. The Balaban J connectivity index is 2.62. The lowest BCUT2D eigenvalue weighted by molar-refractivity contribution is 0.570. The summed E-state index contributed by atoms with van der Waals surface area (Å²) >= 11 is 11.8. The fourth-order valence-corrected chi connectivity index (χ4v) is 2.96. The van der Waals surface area contributed by atoms with Crippen LogP contribution in [0.3, 0.4) is 0 Å². The summed E-state index contributed by atoms with van der Waals surface area (Å²) in [6.45, 7) is 2.33. The van der Waals surface area contributed by atoms with Gasteiger partial charge >= 0.3 is 0 Å². The predicted octanol–water partition coefficient (Wildman–Crippen LogP) is 3.59. The van der Waals surface area contributed by atoms with E-state index in [9.17, 15) is 8.42 Å². The Morgan fingerprint density at radius 1 is 1.20 bits per heavy atom. The van der Waals surface area contributed by atoms with Gasteiger partial charge in [0.25, 0.3) is 14.2 Å². The van der Waals surface area contributed by atoms with E-state index >= 15 is 0 Å². The number of hydrogen-bond acceptors (Lipinski definition) is 4. The molecule has 9 heteroatoms. The minimum absolute atomic E-state index is 0.276. The van der Waals surface area contributed by atoms with E-state index in [0.717, 1.165) is 0 Å². The van der Waals surface area contributed by atoms with E-state index in [4.69, 9.17) is 33.9 Å². The van der Waals surface area contributed by atoms with Crippen molar-refractivity contribution >= 4 is 42.9 Å². The normalized spacial score (nSPS) is 11.8. The first kappa shape index (κ1) is 15.6. The van der Waals surface area contributed by atoms with Gasteiger partial charge in [-0.3, -0.25) is 4.57 Å². The highest BCUT2D eigenvalue weighted by molar-refractivity contribution is 8.13. The highest BCUT2D eigenvalue weighted by Crippen LogP contribution is 2.29. The molecule has 1 aromatic carbocycles. The van der Waals surface area contributed by atoms with Crippen molar-refractivity contribution in [3.63, 3.8) is 0 Å². The van der Waals surface area contributed by atoms with Crippen LogP contribution in [0.25, 0.3) is 11.4 Å². The number of benzene rings is 1. The van der Waals surface area contributed by atoms with Crippen LogP contribution >= 0.6 is 33.9 Å². The summed E-state index contributed by atoms with van der Waals surface area (Å²) in [6, 6.07) is 4.90. The Morgan fingerprint density at radius 2 is 1.90 bits per heavy atom. The molecule has 0 spiro atoms. The molecule has 0 atom stereocenters.